The van der Waals surface area contributed by atoms with E-state index >= 15 is 8.78 Å². The topological polar surface area (TPSA) is 85.2 Å². The molecule has 0 spiro atoms. The van der Waals surface area contributed by atoms with Crippen molar-refractivity contribution in [1.82, 2.24) is 0 Å². The van der Waals surface area contributed by atoms with Gasteiger partial charge in [-0.3, -0.25) is 4.79 Å². The fraction of sp³-hybridized carbons (Fsp3) is 0.914. The number of carboxylic acids is 1. The van der Waals surface area contributed by atoms with Gasteiger partial charge in [-0.15, -0.1) is 0 Å². The molecule has 0 aromatic carbocycles. The number of aliphatic hydroxyl groups is 1. The predicted octanol–water partition coefficient (Wildman–Crippen LogP) is 9.65. The van der Waals surface area contributed by atoms with Gasteiger partial charge in [0, 0.05) is 25.9 Å². The van der Waals surface area contributed by atoms with Crippen LogP contribution < -0.4 is 0 Å². The van der Waals surface area contributed by atoms with Crippen LogP contribution in [0.15, 0.2) is 12.2 Å². The van der Waals surface area contributed by atoms with Crippen molar-refractivity contribution in [2.75, 3.05) is 6.61 Å². The summed E-state index contributed by atoms with van der Waals surface area (Å²) in [5, 5.41) is 19.8. The monoisotopic (exact) mass is 646 g/mol. The third kappa shape index (κ3) is 13.5. The van der Waals surface area contributed by atoms with Crippen molar-refractivity contribution in [2.24, 2.45) is 11.8 Å². The van der Waals surface area contributed by atoms with Gasteiger partial charge in [-0.1, -0.05) is 65.5 Å². The second-order valence-electron chi connectivity index (χ2n) is 14.8. The van der Waals surface area contributed by atoms with Gasteiger partial charge in [-0.2, -0.15) is 0 Å². The van der Waals surface area contributed by atoms with Crippen LogP contribution in [0.5, 0.6) is 0 Å². The highest BCUT2D eigenvalue weighted by molar-refractivity contribution is 6.74. The maximum Gasteiger partial charge on any atom is 0.303 e. The lowest BCUT2D eigenvalue weighted by Gasteiger charge is -2.42. The predicted molar refractivity (Wildman–Crippen MR) is 176 cm³/mol. The van der Waals surface area contributed by atoms with Gasteiger partial charge in [-0.25, -0.2) is 8.78 Å². The van der Waals surface area contributed by atoms with Gasteiger partial charge in [0.05, 0.1) is 12.2 Å². The average molecular weight is 647 g/mol. The first kappa shape index (κ1) is 39.3. The van der Waals surface area contributed by atoms with Gasteiger partial charge >= 0.3 is 5.97 Å². The minimum Gasteiger partial charge on any atom is -0.481 e. The molecule has 258 valence electrons. The van der Waals surface area contributed by atoms with Crippen LogP contribution in [0.3, 0.4) is 0 Å². The van der Waals surface area contributed by atoms with E-state index in [2.05, 4.69) is 39.8 Å². The first-order chi connectivity index (χ1) is 20.7. The highest BCUT2D eigenvalue weighted by Crippen LogP contribution is 2.45. The zero-order valence-corrected chi connectivity index (χ0v) is 29.6. The lowest BCUT2D eigenvalue weighted by Crippen LogP contribution is -2.49. The molecule has 0 aromatic rings. The molecule has 2 aliphatic rings. The first-order valence-electron chi connectivity index (χ1n) is 17.6. The Kier molecular flexibility index (Phi) is 17.0. The van der Waals surface area contributed by atoms with Gasteiger partial charge in [0.15, 0.2) is 14.6 Å². The summed E-state index contributed by atoms with van der Waals surface area (Å²) in [6.45, 7) is 13.1. The number of halogens is 2. The van der Waals surface area contributed by atoms with E-state index in [1.54, 1.807) is 0 Å². The Morgan fingerprint density at radius 1 is 1.05 bits per heavy atom. The van der Waals surface area contributed by atoms with Crippen molar-refractivity contribution in [2.45, 2.75) is 186 Å². The van der Waals surface area contributed by atoms with E-state index in [9.17, 15) is 9.90 Å². The summed E-state index contributed by atoms with van der Waals surface area (Å²) >= 11 is 0. The summed E-state index contributed by atoms with van der Waals surface area (Å²) in [7, 11) is -2.46. The molecule has 1 aliphatic heterocycles. The van der Waals surface area contributed by atoms with E-state index in [0.717, 1.165) is 57.8 Å². The molecule has 2 N–H and O–H groups in total. The SMILES string of the molecule is CCCCCCC(F)(F)C(CC[C@@H]1[C@@H](C/C=C\CCCCCC(=O)O)[C@@H](O)C[C@H]1OC1CCCCO1)O[Si](C)(C)C(C)(C)C. The number of hydrogen-bond acceptors (Lipinski definition) is 5. The molecule has 2 rings (SSSR count). The lowest BCUT2D eigenvalue weighted by molar-refractivity contribution is -0.197. The van der Waals surface area contributed by atoms with Crippen LogP contribution in [-0.2, 0) is 18.7 Å². The van der Waals surface area contributed by atoms with Crippen molar-refractivity contribution in [3.05, 3.63) is 12.2 Å². The molecular formula is C35H64F2O6Si. The number of aliphatic carboxylic acids is 1. The molecular weight excluding hydrogens is 582 g/mol. The molecule has 1 saturated carbocycles. The Labute approximate surface area is 267 Å². The van der Waals surface area contributed by atoms with E-state index in [4.69, 9.17) is 19.0 Å². The second kappa shape index (κ2) is 19.1. The number of hydrogen-bond donors (Lipinski definition) is 2. The van der Waals surface area contributed by atoms with Crippen molar-refractivity contribution in [3.63, 3.8) is 0 Å². The molecule has 6 atom stereocenters. The summed E-state index contributed by atoms with van der Waals surface area (Å²) in [6.07, 6.45) is 13.3. The maximum absolute atomic E-state index is 15.9. The van der Waals surface area contributed by atoms with Gasteiger partial charge in [0.25, 0.3) is 5.92 Å². The molecule has 0 bridgehead atoms. The van der Waals surface area contributed by atoms with E-state index in [0.29, 0.717) is 38.7 Å². The van der Waals surface area contributed by atoms with E-state index in [-0.39, 0.29) is 48.5 Å². The lowest BCUT2D eigenvalue weighted by atomic mass is 9.85. The third-order valence-corrected chi connectivity index (χ3v) is 14.6. The number of ether oxygens (including phenoxy) is 2. The van der Waals surface area contributed by atoms with Gasteiger partial charge in [0.2, 0.25) is 0 Å². The fourth-order valence-corrected chi connectivity index (χ4v) is 7.67. The van der Waals surface area contributed by atoms with Crippen LogP contribution in [0, 0.1) is 11.8 Å². The molecule has 1 saturated heterocycles. The molecule has 2 fully saturated rings. The Balaban J connectivity index is 2.17. The van der Waals surface area contributed by atoms with Gasteiger partial charge in [-0.05, 0) is 94.2 Å². The van der Waals surface area contributed by atoms with E-state index in [1.165, 1.54) is 0 Å². The smallest absolute Gasteiger partial charge is 0.303 e. The number of carboxylic acid groups (broad SMARTS) is 1. The Bertz CT molecular complexity index is 840. The molecule has 44 heavy (non-hydrogen) atoms. The highest BCUT2D eigenvalue weighted by Gasteiger charge is 2.49. The Hall–Kier alpha value is -0.873. The van der Waals surface area contributed by atoms with Crippen molar-refractivity contribution >= 4 is 14.3 Å². The molecule has 0 radical (unpaired) electrons. The van der Waals surface area contributed by atoms with Crippen molar-refractivity contribution < 1.29 is 37.7 Å². The normalized spacial score (nSPS) is 26.0. The van der Waals surface area contributed by atoms with Crippen LogP contribution in [-0.4, -0.2) is 61.6 Å². The number of allylic oxidation sites excluding steroid dienone is 2. The minimum atomic E-state index is -2.92. The quantitative estimate of drug-likeness (QED) is 0.0734. The summed E-state index contributed by atoms with van der Waals surface area (Å²) < 4.78 is 50.7. The minimum absolute atomic E-state index is 0.0721. The van der Waals surface area contributed by atoms with Gasteiger partial charge in [0.1, 0.15) is 6.10 Å². The number of aliphatic hydroxyl groups excluding tert-OH is 1. The second-order valence-corrected chi connectivity index (χ2v) is 19.6. The number of alkyl halides is 2. The van der Waals surface area contributed by atoms with E-state index < -0.39 is 32.4 Å². The molecule has 1 aliphatic carbocycles. The molecule has 1 heterocycles. The number of carbonyl (C=O) groups is 1. The van der Waals surface area contributed by atoms with Gasteiger partial charge < -0.3 is 24.1 Å². The summed E-state index contributed by atoms with van der Waals surface area (Å²) in [4.78, 5) is 10.7. The first-order valence-corrected chi connectivity index (χ1v) is 20.5. The van der Waals surface area contributed by atoms with Crippen LogP contribution in [0.25, 0.3) is 0 Å². The zero-order chi connectivity index (χ0) is 32.8. The maximum atomic E-state index is 15.9. The highest BCUT2D eigenvalue weighted by atomic mass is 28.4. The van der Waals surface area contributed by atoms with Crippen molar-refractivity contribution in [1.29, 1.82) is 0 Å². The standard InChI is InChI=1S/C35H64F2O6Si/c1-7-8-9-17-24-35(36,37)31(43-44(5,6)34(2,3)4)23-22-28-27(19-14-12-10-11-13-15-20-32(39)40)29(38)26-30(28)42-33-21-16-18-25-41-33/h12,14,27-31,33,38H,7-11,13,15-26H2,1-6H3,(H,39,40)/b14-12-/t27-,28-,29+,30-,31?,33?/m1/s1. The molecule has 0 aromatic heterocycles. The third-order valence-electron chi connectivity index (χ3n) is 10.1. The Morgan fingerprint density at radius 3 is 2.41 bits per heavy atom. The fourth-order valence-electron chi connectivity index (χ4n) is 6.32. The van der Waals surface area contributed by atoms with Crippen LogP contribution in [0.4, 0.5) is 8.78 Å². The summed E-state index contributed by atoms with van der Waals surface area (Å²) in [5.41, 5.74) is 0. The van der Waals surface area contributed by atoms with Crippen molar-refractivity contribution in [3.8, 4) is 0 Å². The number of unbranched alkanes of at least 4 members (excludes halogenated alkanes) is 6. The van der Waals surface area contributed by atoms with Crippen LogP contribution >= 0.6 is 0 Å². The molecule has 9 heteroatoms. The molecule has 2 unspecified atom stereocenters. The summed E-state index contributed by atoms with van der Waals surface area (Å²) in [5.74, 6) is -3.83. The Morgan fingerprint density at radius 2 is 1.77 bits per heavy atom. The summed E-state index contributed by atoms with van der Waals surface area (Å²) in [6, 6.07) is 0. The van der Waals surface area contributed by atoms with Crippen LogP contribution in [0.1, 0.15) is 137 Å². The number of rotatable bonds is 21. The average Bonchev–Trinajstić information content (AvgIpc) is 3.23. The van der Waals surface area contributed by atoms with Crippen LogP contribution in [0.2, 0.25) is 18.1 Å². The molecule has 6 nitrogen and oxygen atoms in total. The molecule has 0 amide bonds. The zero-order valence-electron chi connectivity index (χ0n) is 28.6. The largest absolute Gasteiger partial charge is 0.481 e. The van der Waals surface area contributed by atoms with E-state index in [1.807, 2.05) is 13.1 Å².